The molecule has 1 aliphatic carbocycles. The van der Waals surface area contributed by atoms with Crippen molar-refractivity contribution in [1.82, 2.24) is 14.5 Å². The number of fused-ring (bicyclic) bond motifs is 8. The van der Waals surface area contributed by atoms with Crippen LogP contribution in [0.5, 0.6) is 0 Å². The summed E-state index contributed by atoms with van der Waals surface area (Å²) in [5.74, 6) is 0.796. The van der Waals surface area contributed by atoms with Crippen molar-refractivity contribution in [2.75, 3.05) is 0 Å². The summed E-state index contributed by atoms with van der Waals surface area (Å²) in [5, 5.41) is 6.92. The Morgan fingerprint density at radius 2 is 1.41 bits per heavy atom. The predicted molar refractivity (Wildman–Crippen MR) is 192 cm³/mol. The van der Waals surface area contributed by atoms with Crippen LogP contribution < -0.4 is 0 Å². The number of hydrogen-bond donors (Lipinski definition) is 0. The molecule has 0 amide bonds. The standard InChI is InChI=1S/C42H31N3O/c1-5-13-33-28(6-2)39-40(42(33,3)4)43-38(27-20-21-37-32(23-27)30-17-10-12-19-36(30)46-37)41(44-39)45-34-18-11-9-16-29(34)31-22-25-14-7-8-15-26(25)24-35(31)45/h5-24H,2H2,1,3-4H3/b13-5-. The molecule has 4 heteroatoms. The number of allylic oxidation sites excluding steroid dienone is 5. The molecule has 0 unspecified atom stereocenters. The smallest absolute Gasteiger partial charge is 0.165 e. The van der Waals surface area contributed by atoms with Gasteiger partial charge in [0.25, 0.3) is 0 Å². The van der Waals surface area contributed by atoms with Gasteiger partial charge in [-0.1, -0.05) is 99.3 Å². The summed E-state index contributed by atoms with van der Waals surface area (Å²) in [7, 11) is 0. The van der Waals surface area contributed by atoms with E-state index in [0.717, 1.165) is 67.0 Å². The summed E-state index contributed by atoms with van der Waals surface area (Å²) in [6, 6.07) is 36.3. The molecule has 0 saturated heterocycles. The molecule has 0 atom stereocenters. The lowest BCUT2D eigenvalue weighted by molar-refractivity contribution is 0.627. The lowest BCUT2D eigenvalue weighted by Crippen LogP contribution is -2.19. The van der Waals surface area contributed by atoms with Gasteiger partial charge in [-0.3, -0.25) is 4.57 Å². The molecule has 0 saturated carbocycles. The number of benzene rings is 5. The number of furan rings is 1. The van der Waals surface area contributed by atoms with Gasteiger partial charge in [0, 0.05) is 38.1 Å². The molecule has 4 nitrogen and oxygen atoms in total. The van der Waals surface area contributed by atoms with Gasteiger partial charge in [0.1, 0.15) is 16.9 Å². The maximum Gasteiger partial charge on any atom is 0.165 e. The Labute approximate surface area is 266 Å². The third-order valence-electron chi connectivity index (χ3n) is 9.63. The van der Waals surface area contributed by atoms with Crippen molar-refractivity contribution in [3.05, 3.63) is 145 Å². The van der Waals surface area contributed by atoms with Crippen LogP contribution in [0.15, 0.2) is 138 Å². The van der Waals surface area contributed by atoms with E-state index >= 15 is 0 Å². The third-order valence-corrected chi connectivity index (χ3v) is 9.63. The van der Waals surface area contributed by atoms with Crippen LogP contribution in [0.4, 0.5) is 0 Å². The van der Waals surface area contributed by atoms with Gasteiger partial charge in [-0.15, -0.1) is 0 Å². The first kappa shape index (κ1) is 26.6. The first-order chi connectivity index (χ1) is 22.5. The molecule has 9 rings (SSSR count). The average Bonchev–Trinajstić information content (AvgIpc) is 3.68. The van der Waals surface area contributed by atoms with Gasteiger partial charge >= 0.3 is 0 Å². The zero-order chi connectivity index (χ0) is 31.2. The first-order valence-corrected chi connectivity index (χ1v) is 15.7. The molecule has 0 radical (unpaired) electrons. The summed E-state index contributed by atoms with van der Waals surface area (Å²) >= 11 is 0. The predicted octanol–water partition coefficient (Wildman–Crippen LogP) is 11.1. The highest BCUT2D eigenvalue weighted by Gasteiger charge is 2.39. The molecule has 46 heavy (non-hydrogen) atoms. The fourth-order valence-corrected chi connectivity index (χ4v) is 7.42. The first-order valence-electron chi connectivity index (χ1n) is 15.7. The summed E-state index contributed by atoms with van der Waals surface area (Å²) < 4.78 is 8.52. The second kappa shape index (κ2) is 9.63. The van der Waals surface area contributed by atoms with Gasteiger partial charge in [-0.2, -0.15) is 0 Å². The van der Waals surface area contributed by atoms with Crippen LogP contribution in [0.2, 0.25) is 0 Å². The van der Waals surface area contributed by atoms with Crippen molar-refractivity contribution in [2.45, 2.75) is 26.2 Å². The average molecular weight is 594 g/mol. The maximum atomic E-state index is 6.21. The van der Waals surface area contributed by atoms with Crippen LogP contribution in [0.1, 0.15) is 32.2 Å². The van der Waals surface area contributed by atoms with Crippen molar-refractivity contribution in [3.8, 4) is 17.1 Å². The van der Waals surface area contributed by atoms with Crippen LogP contribution in [0.3, 0.4) is 0 Å². The normalized spacial score (nSPS) is 14.5. The van der Waals surface area contributed by atoms with Gasteiger partial charge in [-0.25, -0.2) is 9.97 Å². The summed E-state index contributed by atoms with van der Waals surface area (Å²) in [4.78, 5) is 11.1. The summed E-state index contributed by atoms with van der Waals surface area (Å²) in [5.41, 5.74) is 9.44. The van der Waals surface area contributed by atoms with E-state index in [4.69, 9.17) is 14.4 Å². The number of nitrogens with zero attached hydrogens (tertiary/aromatic N) is 3. The van der Waals surface area contributed by atoms with E-state index in [9.17, 15) is 0 Å². The number of aromatic nitrogens is 3. The molecule has 1 aliphatic rings. The minimum absolute atomic E-state index is 0.352. The van der Waals surface area contributed by atoms with Crippen molar-refractivity contribution >= 4 is 60.1 Å². The highest BCUT2D eigenvalue weighted by atomic mass is 16.3. The quantitative estimate of drug-likeness (QED) is 0.204. The topological polar surface area (TPSA) is 43.9 Å². The molecule has 220 valence electrons. The fraction of sp³-hybridized carbons (Fsp3) is 0.0952. The minimum atomic E-state index is -0.352. The largest absolute Gasteiger partial charge is 0.456 e. The molecule has 0 spiro atoms. The highest BCUT2D eigenvalue weighted by molar-refractivity contribution is 6.14. The molecular formula is C42H31N3O. The molecule has 0 aliphatic heterocycles. The second-order valence-electron chi connectivity index (χ2n) is 12.6. The lowest BCUT2D eigenvalue weighted by Gasteiger charge is -2.23. The minimum Gasteiger partial charge on any atom is -0.456 e. The zero-order valence-corrected chi connectivity index (χ0v) is 26.0. The Balaban J connectivity index is 1.44. The second-order valence-corrected chi connectivity index (χ2v) is 12.6. The van der Waals surface area contributed by atoms with Crippen molar-refractivity contribution in [2.24, 2.45) is 0 Å². The molecule has 3 heterocycles. The summed E-state index contributed by atoms with van der Waals surface area (Å²) in [6.07, 6.45) is 6.20. The van der Waals surface area contributed by atoms with E-state index in [0.29, 0.717) is 0 Å². The van der Waals surface area contributed by atoms with E-state index in [-0.39, 0.29) is 5.41 Å². The Morgan fingerprint density at radius 1 is 0.696 bits per heavy atom. The molecule has 3 aromatic heterocycles. The van der Waals surface area contributed by atoms with Gasteiger partial charge in [0.05, 0.1) is 22.4 Å². The number of para-hydroxylation sites is 2. The maximum absolute atomic E-state index is 6.21. The van der Waals surface area contributed by atoms with Crippen molar-refractivity contribution in [3.63, 3.8) is 0 Å². The van der Waals surface area contributed by atoms with Gasteiger partial charge in [0.15, 0.2) is 5.82 Å². The van der Waals surface area contributed by atoms with E-state index in [1.54, 1.807) is 0 Å². The Bertz CT molecular complexity index is 2640. The SMILES string of the molecule is C=CC1=C(/C=C\C)C(C)(C)c2nc(-c3ccc4oc5ccccc5c4c3)c(-n3c4ccccc4c4cc5ccccc5cc43)nc21. The monoisotopic (exact) mass is 593 g/mol. The van der Waals surface area contributed by atoms with Crippen LogP contribution in [-0.2, 0) is 5.41 Å². The van der Waals surface area contributed by atoms with Crippen molar-refractivity contribution < 1.29 is 4.42 Å². The van der Waals surface area contributed by atoms with Gasteiger partial charge in [-0.05, 0) is 65.7 Å². The van der Waals surface area contributed by atoms with Crippen LogP contribution in [0.25, 0.3) is 77.2 Å². The third kappa shape index (κ3) is 3.61. The van der Waals surface area contributed by atoms with Gasteiger partial charge < -0.3 is 4.42 Å². The Hall–Kier alpha value is -5.74. The molecule has 0 bridgehead atoms. The van der Waals surface area contributed by atoms with Crippen molar-refractivity contribution in [1.29, 1.82) is 0 Å². The summed E-state index contributed by atoms with van der Waals surface area (Å²) in [6.45, 7) is 10.7. The highest BCUT2D eigenvalue weighted by Crippen LogP contribution is 2.48. The molecule has 8 aromatic rings. The van der Waals surface area contributed by atoms with E-state index in [1.165, 1.54) is 27.1 Å². The van der Waals surface area contributed by atoms with Crippen LogP contribution >= 0.6 is 0 Å². The number of rotatable bonds is 4. The van der Waals surface area contributed by atoms with E-state index in [1.807, 2.05) is 18.2 Å². The Kier molecular flexibility index (Phi) is 5.58. The molecule has 0 N–H and O–H groups in total. The fourth-order valence-electron chi connectivity index (χ4n) is 7.42. The molecular weight excluding hydrogens is 562 g/mol. The molecule has 0 fully saturated rings. The number of hydrogen-bond acceptors (Lipinski definition) is 3. The Morgan fingerprint density at radius 3 is 2.22 bits per heavy atom. The van der Waals surface area contributed by atoms with E-state index in [2.05, 4.69) is 135 Å². The van der Waals surface area contributed by atoms with Crippen LogP contribution in [-0.4, -0.2) is 14.5 Å². The van der Waals surface area contributed by atoms with Gasteiger partial charge in [0.2, 0.25) is 0 Å². The van der Waals surface area contributed by atoms with Crippen LogP contribution in [0, 0.1) is 0 Å². The lowest BCUT2D eigenvalue weighted by atomic mass is 9.84. The molecule has 5 aromatic carbocycles. The van der Waals surface area contributed by atoms with E-state index < -0.39 is 0 Å². The zero-order valence-electron chi connectivity index (χ0n) is 26.0.